The predicted octanol–water partition coefficient (Wildman–Crippen LogP) is 4.73. The summed E-state index contributed by atoms with van der Waals surface area (Å²) in [6.45, 7) is 2.13. The van der Waals surface area contributed by atoms with E-state index in [1.54, 1.807) is 11.3 Å². The van der Waals surface area contributed by atoms with Gasteiger partial charge in [0, 0.05) is 9.17 Å². The number of rotatable bonds is 0. The van der Waals surface area contributed by atoms with Crippen LogP contribution in [0.25, 0.3) is 10.1 Å². The fourth-order valence-corrected chi connectivity index (χ4v) is 3.18. The molecule has 1 aromatic carbocycles. The first-order chi connectivity index (χ1) is 5.68. The average molecular weight is 306 g/mol. The van der Waals surface area contributed by atoms with Crippen LogP contribution in [0.1, 0.15) is 5.56 Å². The van der Waals surface area contributed by atoms with E-state index in [1.165, 1.54) is 19.4 Å². The molecule has 0 aliphatic heterocycles. The Morgan fingerprint density at radius 2 is 2.00 bits per heavy atom. The van der Waals surface area contributed by atoms with Gasteiger partial charge in [-0.05, 0) is 52.0 Å². The Labute approximate surface area is 91.9 Å². The topological polar surface area (TPSA) is 0 Å². The third-order valence-electron chi connectivity index (χ3n) is 1.84. The molecular formula is C9H6Br2S. The summed E-state index contributed by atoms with van der Waals surface area (Å²) in [5, 5.41) is 1.33. The van der Waals surface area contributed by atoms with Crippen molar-refractivity contribution in [3.63, 3.8) is 0 Å². The lowest BCUT2D eigenvalue weighted by atomic mass is 10.2. The van der Waals surface area contributed by atoms with Crippen molar-refractivity contribution in [1.82, 2.24) is 0 Å². The van der Waals surface area contributed by atoms with Crippen LogP contribution in [0.4, 0.5) is 0 Å². The molecule has 0 aliphatic rings. The molecule has 0 nitrogen and oxygen atoms in total. The zero-order valence-corrected chi connectivity index (χ0v) is 10.4. The molecule has 1 aromatic heterocycles. The average Bonchev–Trinajstić information content (AvgIpc) is 2.31. The van der Waals surface area contributed by atoms with E-state index < -0.39 is 0 Å². The molecule has 0 saturated heterocycles. The third kappa shape index (κ3) is 1.34. The van der Waals surface area contributed by atoms with Crippen LogP contribution in [-0.4, -0.2) is 0 Å². The summed E-state index contributed by atoms with van der Waals surface area (Å²) in [5.41, 5.74) is 1.33. The van der Waals surface area contributed by atoms with Crippen LogP contribution in [0.15, 0.2) is 26.5 Å². The summed E-state index contributed by atoms with van der Waals surface area (Å²) in [6.07, 6.45) is 0. The second kappa shape index (κ2) is 3.13. The molecule has 0 atom stereocenters. The fraction of sp³-hybridized carbons (Fsp3) is 0.111. The van der Waals surface area contributed by atoms with E-state index in [0.717, 1.165) is 4.47 Å². The standard InChI is InChI=1S/C9H6Br2S/c1-5-7-4-6(10)2-3-8(7)12-9(5)11/h2-4H,1H3. The van der Waals surface area contributed by atoms with E-state index in [9.17, 15) is 0 Å². The number of hydrogen-bond acceptors (Lipinski definition) is 1. The van der Waals surface area contributed by atoms with Gasteiger partial charge >= 0.3 is 0 Å². The maximum absolute atomic E-state index is 3.54. The Hall–Kier alpha value is 0.140. The van der Waals surface area contributed by atoms with Crippen LogP contribution in [0, 0.1) is 6.92 Å². The van der Waals surface area contributed by atoms with Crippen molar-refractivity contribution < 1.29 is 0 Å². The van der Waals surface area contributed by atoms with Crippen molar-refractivity contribution >= 4 is 53.3 Å². The lowest BCUT2D eigenvalue weighted by molar-refractivity contribution is 1.56. The number of thiophene rings is 1. The molecule has 0 radical (unpaired) electrons. The van der Waals surface area contributed by atoms with Gasteiger partial charge in [0.1, 0.15) is 0 Å². The van der Waals surface area contributed by atoms with Gasteiger partial charge in [-0.1, -0.05) is 15.9 Å². The second-order valence-corrected chi connectivity index (χ2v) is 5.93. The lowest BCUT2D eigenvalue weighted by Crippen LogP contribution is -1.68. The number of hydrogen-bond donors (Lipinski definition) is 0. The Bertz CT molecular complexity index is 431. The van der Waals surface area contributed by atoms with Crippen LogP contribution in [0.5, 0.6) is 0 Å². The van der Waals surface area contributed by atoms with Gasteiger partial charge in [-0.25, -0.2) is 0 Å². The van der Waals surface area contributed by atoms with E-state index in [1.807, 2.05) is 0 Å². The Balaban J connectivity index is 2.88. The molecule has 12 heavy (non-hydrogen) atoms. The third-order valence-corrected chi connectivity index (χ3v) is 4.47. The molecule has 0 saturated carbocycles. The number of fused-ring (bicyclic) bond motifs is 1. The van der Waals surface area contributed by atoms with Gasteiger partial charge in [0.05, 0.1) is 3.79 Å². The van der Waals surface area contributed by atoms with Gasteiger partial charge in [-0.2, -0.15) is 0 Å². The van der Waals surface area contributed by atoms with Gasteiger partial charge in [0.25, 0.3) is 0 Å². The largest absolute Gasteiger partial charge is 0.128 e. The SMILES string of the molecule is Cc1c(Br)sc2ccc(Br)cc12. The number of halogens is 2. The summed E-state index contributed by atoms with van der Waals surface area (Å²) in [6, 6.07) is 6.37. The molecule has 0 fully saturated rings. The molecule has 0 unspecified atom stereocenters. The zero-order chi connectivity index (χ0) is 8.72. The van der Waals surface area contributed by atoms with Crippen molar-refractivity contribution in [2.75, 3.05) is 0 Å². The molecule has 2 rings (SSSR count). The summed E-state index contributed by atoms with van der Waals surface area (Å²) in [5.74, 6) is 0. The quantitative estimate of drug-likeness (QED) is 0.660. The van der Waals surface area contributed by atoms with Gasteiger partial charge in [0.2, 0.25) is 0 Å². The van der Waals surface area contributed by atoms with Crippen LogP contribution in [0.2, 0.25) is 0 Å². The monoisotopic (exact) mass is 304 g/mol. The Morgan fingerprint density at radius 1 is 1.25 bits per heavy atom. The highest BCUT2D eigenvalue weighted by Crippen LogP contribution is 2.35. The van der Waals surface area contributed by atoms with Crippen molar-refractivity contribution in [3.05, 3.63) is 32.0 Å². The molecule has 62 valence electrons. The molecule has 2 aromatic rings. The Morgan fingerprint density at radius 3 is 2.75 bits per heavy atom. The summed E-state index contributed by atoms with van der Waals surface area (Å²) < 4.78 is 3.71. The highest BCUT2D eigenvalue weighted by molar-refractivity contribution is 9.11. The maximum atomic E-state index is 3.54. The van der Waals surface area contributed by atoms with E-state index in [-0.39, 0.29) is 0 Å². The fourth-order valence-electron chi connectivity index (χ4n) is 1.16. The maximum Gasteiger partial charge on any atom is 0.0740 e. The van der Waals surface area contributed by atoms with E-state index in [2.05, 4.69) is 57.0 Å². The highest BCUT2D eigenvalue weighted by Gasteiger charge is 2.05. The Kier molecular flexibility index (Phi) is 2.27. The van der Waals surface area contributed by atoms with Crippen LogP contribution in [-0.2, 0) is 0 Å². The first kappa shape index (κ1) is 8.73. The predicted molar refractivity (Wildman–Crippen MR) is 62.0 cm³/mol. The first-order valence-corrected chi connectivity index (χ1v) is 5.93. The van der Waals surface area contributed by atoms with Gasteiger partial charge in [0.15, 0.2) is 0 Å². The molecule has 0 bridgehead atoms. The molecule has 1 heterocycles. The van der Waals surface area contributed by atoms with Crippen molar-refractivity contribution in [1.29, 1.82) is 0 Å². The number of aryl methyl sites for hydroxylation is 1. The molecule has 0 aliphatic carbocycles. The van der Waals surface area contributed by atoms with Crippen LogP contribution >= 0.6 is 43.2 Å². The second-order valence-electron chi connectivity index (χ2n) is 2.64. The van der Waals surface area contributed by atoms with Gasteiger partial charge < -0.3 is 0 Å². The normalized spacial score (nSPS) is 10.9. The van der Waals surface area contributed by atoms with Crippen molar-refractivity contribution in [2.45, 2.75) is 6.92 Å². The molecule has 3 heteroatoms. The molecule has 0 N–H and O–H groups in total. The summed E-state index contributed by atoms with van der Waals surface area (Å²) >= 11 is 8.78. The minimum Gasteiger partial charge on any atom is -0.128 e. The van der Waals surface area contributed by atoms with Crippen molar-refractivity contribution in [2.24, 2.45) is 0 Å². The molecular weight excluding hydrogens is 300 g/mol. The van der Waals surface area contributed by atoms with E-state index in [4.69, 9.17) is 0 Å². The van der Waals surface area contributed by atoms with Crippen LogP contribution < -0.4 is 0 Å². The summed E-state index contributed by atoms with van der Waals surface area (Å²) in [4.78, 5) is 0. The zero-order valence-electron chi connectivity index (χ0n) is 6.40. The molecule has 0 amide bonds. The van der Waals surface area contributed by atoms with E-state index >= 15 is 0 Å². The smallest absolute Gasteiger partial charge is 0.0740 e. The van der Waals surface area contributed by atoms with Crippen LogP contribution in [0.3, 0.4) is 0 Å². The summed E-state index contributed by atoms with van der Waals surface area (Å²) in [7, 11) is 0. The number of benzene rings is 1. The van der Waals surface area contributed by atoms with E-state index in [0.29, 0.717) is 0 Å². The minimum atomic E-state index is 1.14. The van der Waals surface area contributed by atoms with Gasteiger partial charge in [-0.15, -0.1) is 11.3 Å². The lowest BCUT2D eigenvalue weighted by Gasteiger charge is -1.91. The van der Waals surface area contributed by atoms with Crippen molar-refractivity contribution in [3.8, 4) is 0 Å². The first-order valence-electron chi connectivity index (χ1n) is 3.52. The molecule has 0 spiro atoms. The van der Waals surface area contributed by atoms with Gasteiger partial charge in [-0.3, -0.25) is 0 Å². The minimum absolute atomic E-state index is 1.14. The highest BCUT2D eigenvalue weighted by atomic mass is 79.9.